The van der Waals surface area contributed by atoms with Gasteiger partial charge in [0.2, 0.25) is 0 Å². The predicted molar refractivity (Wildman–Crippen MR) is 76.3 cm³/mol. The van der Waals surface area contributed by atoms with Gasteiger partial charge in [-0.1, -0.05) is 15.9 Å². The molecule has 1 aromatic rings. The molecular weight excluding hydrogens is 312 g/mol. The van der Waals surface area contributed by atoms with Crippen molar-refractivity contribution in [2.24, 2.45) is 10.9 Å². The van der Waals surface area contributed by atoms with E-state index in [0.29, 0.717) is 13.0 Å². The molecular formula is C13H17BrN2O3. The summed E-state index contributed by atoms with van der Waals surface area (Å²) in [6, 6.07) is 5.69. The molecule has 2 N–H and O–H groups in total. The number of benzene rings is 1. The van der Waals surface area contributed by atoms with Crippen molar-refractivity contribution >= 4 is 22.1 Å². The molecule has 1 aliphatic rings. The van der Waals surface area contributed by atoms with Crippen LogP contribution < -0.4 is 10.6 Å². The van der Waals surface area contributed by atoms with E-state index in [9.17, 15) is 0 Å². The Kier molecular flexibility index (Phi) is 5.62. The molecule has 104 valence electrons. The Balaban J connectivity index is 1.87. The van der Waals surface area contributed by atoms with E-state index >= 15 is 0 Å². The highest BCUT2D eigenvalue weighted by Crippen LogP contribution is 2.22. The summed E-state index contributed by atoms with van der Waals surface area (Å²) in [5.41, 5.74) is 0.836. The Morgan fingerprint density at radius 2 is 2.21 bits per heavy atom. The second kappa shape index (κ2) is 7.47. The summed E-state index contributed by atoms with van der Waals surface area (Å²) in [6.07, 6.45) is 3.07. The fraction of sp³-hybridized carbons (Fsp3) is 0.462. The molecule has 0 bridgehead atoms. The van der Waals surface area contributed by atoms with Crippen LogP contribution in [0.25, 0.3) is 0 Å². The number of rotatable bonds is 5. The van der Waals surface area contributed by atoms with E-state index in [1.165, 1.54) is 0 Å². The summed E-state index contributed by atoms with van der Waals surface area (Å²) >= 11 is 3.40. The van der Waals surface area contributed by atoms with Gasteiger partial charge in [-0.05, 0) is 24.6 Å². The zero-order valence-corrected chi connectivity index (χ0v) is 12.1. The Labute approximate surface area is 120 Å². The van der Waals surface area contributed by atoms with E-state index in [4.69, 9.17) is 20.1 Å². The highest BCUT2D eigenvalue weighted by Gasteiger charge is 2.14. The molecule has 0 aromatic heterocycles. The minimum Gasteiger partial charge on any atom is -0.493 e. The normalized spacial score (nSPS) is 16.9. The number of halogens is 1. The summed E-state index contributed by atoms with van der Waals surface area (Å²) in [5, 5.41) is 3.53. The van der Waals surface area contributed by atoms with Crippen molar-refractivity contribution in [2.75, 3.05) is 19.8 Å². The molecule has 0 amide bonds. The molecule has 0 spiro atoms. The molecule has 1 aromatic carbocycles. The van der Waals surface area contributed by atoms with Gasteiger partial charge in [0, 0.05) is 16.5 Å². The number of nitrogens with two attached hydrogens (primary N) is 1. The first-order valence-electron chi connectivity index (χ1n) is 6.18. The number of nitrogens with zero attached hydrogens (tertiary/aromatic N) is 1. The van der Waals surface area contributed by atoms with Gasteiger partial charge in [-0.2, -0.15) is 5.10 Å². The predicted octanol–water partition coefficient (Wildman–Crippen LogP) is 2.27. The van der Waals surface area contributed by atoms with Crippen LogP contribution in [-0.2, 0) is 9.47 Å². The standard InChI is InChI=1S/C13H17BrN2O3/c14-11-2-3-12(10(8-11)9-16-15)17-7-4-13-18-5-1-6-19-13/h2-3,8-9,13H,1,4-7,15H2. The van der Waals surface area contributed by atoms with Crippen molar-refractivity contribution in [1.82, 2.24) is 0 Å². The summed E-state index contributed by atoms with van der Waals surface area (Å²) in [5.74, 6) is 5.93. The number of hydrogen-bond donors (Lipinski definition) is 1. The highest BCUT2D eigenvalue weighted by atomic mass is 79.9. The molecule has 1 heterocycles. The maximum absolute atomic E-state index is 5.72. The molecule has 0 unspecified atom stereocenters. The van der Waals surface area contributed by atoms with E-state index in [0.717, 1.165) is 35.4 Å². The SMILES string of the molecule is NN=Cc1cc(Br)ccc1OCCC1OCCCO1. The van der Waals surface area contributed by atoms with Crippen LogP contribution in [0.2, 0.25) is 0 Å². The quantitative estimate of drug-likeness (QED) is 0.511. The maximum atomic E-state index is 5.72. The highest BCUT2D eigenvalue weighted by molar-refractivity contribution is 9.10. The molecule has 0 aliphatic carbocycles. The Hall–Kier alpha value is -1.11. The fourth-order valence-electron chi connectivity index (χ4n) is 1.80. The summed E-state index contributed by atoms with van der Waals surface area (Å²) in [4.78, 5) is 0. The molecule has 19 heavy (non-hydrogen) atoms. The van der Waals surface area contributed by atoms with Gasteiger partial charge in [0.1, 0.15) is 5.75 Å². The second-order valence-electron chi connectivity index (χ2n) is 4.12. The number of hydrazone groups is 1. The monoisotopic (exact) mass is 328 g/mol. The summed E-state index contributed by atoms with van der Waals surface area (Å²) < 4.78 is 17.6. The third-order valence-electron chi connectivity index (χ3n) is 2.69. The summed E-state index contributed by atoms with van der Waals surface area (Å²) in [7, 11) is 0. The maximum Gasteiger partial charge on any atom is 0.160 e. The third-order valence-corrected chi connectivity index (χ3v) is 3.19. The van der Waals surface area contributed by atoms with E-state index in [2.05, 4.69) is 21.0 Å². The smallest absolute Gasteiger partial charge is 0.160 e. The second-order valence-corrected chi connectivity index (χ2v) is 5.04. The van der Waals surface area contributed by atoms with Crippen molar-refractivity contribution < 1.29 is 14.2 Å². The molecule has 1 aliphatic heterocycles. The Bertz CT molecular complexity index is 434. The average molecular weight is 329 g/mol. The number of ether oxygens (including phenoxy) is 3. The third kappa shape index (κ3) is 4.49. The average Bonchev–Trinajstić information content (AvgIpc) is 2.43. The van der Waals surface area contributed by atoms with Gasteiger partial charge >= 0.3 is 0 Å². The molecule has 0 atom stereocenters. The fourth-order valence-corrected chi connectivity index (χ4v) is 2.18. The van der Waals surface area contributed by atoms with Gasteiger partial charge in [0.15, 0.2) is 6.29 Å². The van der Waals surface area contributed by atoms with Crippen LogP contribution in [0.5, 0.6) is 5.75 Å². The van der Waals surface area contributed by atoms with Gasteiger partial charge in [-0.25, -0.2) is 0 Å². The Morgan fingerprint density at radius 1 is 1.42 bits per heavy atom. The molecule has 0 radical (unpaired) electrons. The van der Waals surface area contributed by atoms with Gasteiger partial charge in [0.25, 0.3) is 0 Å². The van der Waals surface area contributed by atoms with Gasteiger partial charge in [-0.15, -0.1) is 0 Å². The lowest BCUT2D eigenvalue weighted by atomic mass is 10.2. The lowest BCUT2D eigenvalue weighted by Gasteiger charge is -2.23. The van der Waals surface area contributed by atoms with Crippen LogP contribution in [0.3, 0.4) is 0 Å². The van der Waals surface area contributed by atoms with Crippen molar-refractivity contribution in [3.8, 4) is 5.75 Å². The topological polar surface area (TPSA) is 66.1 Å². The van der Waals surface area contributed by atoms with Crippen molar-refractivity contribution in [2.45, 2.75) is 19.1 Å². The Morgan fingerprint density at radius 3 is 2.95 bits per heavy atom. The largest absolute Gasteiger partial charge is 0.493 e. The van der Waals surface area contributed by atoms with Crippen LogP contribution in [0, 0.1) is 0 Å². The minimum atomic E-state index is -0.157. The summed E-state index contributed by atoms with van der Waals surface area (Å²) in [6.45, 7) is 2.04. The van der Waals surface area contributed by atoms with Crippen molar-refractivity contribution in [3.63, 3.8) is 0 Å². The minimum absolute atomic E-state index is 0.157. The van der Waals surface area contributed by atoms with Gasteiger partial charge in [0.05, 0.1) is 26.0 Å². The van der Waals surface area contributed by atoms with Crippen LogP contribution >= 0.6 is 15.9 Å². The lowest BCUT2D eigenvalue weighted by Crippen LogP contribution is -2.26. The molecule has 1 fully saturated rings. The number of hydrogen-bond acceptors (Lipinski definition) is 5. The van der Waals surface area contributed by atoms with E-state index in [-0.39, 0.29) is 6.29 Å². The first kappa shape index (κ1) is 14.3. The van der Waals surface area contributed by atoms with Crippen LogP contribution in [0.15, 0.2) is 27.8 Å². The molecule has 1 saturated heterocycles. The van der Waals surface area contributed by atoms with Crippen LogP contribution in [-0.4, -0.2) is 32.3 Å². The zero-order valence-electron chi connectivity index (χ0n) is 10.5. The molecule has 6 heteroatoms. The van der Waals surface area contributed by atoms with Gasteiger partial charge in [-0.3, -0.25) is 0 Å². The lowest BCUT2D eigenvalue weighted by molar-refractivity contribution is -0.183. The molecule has 0 saturated carbocycles. The van der Waals surface area contributed by atoms with Crippen LogP contribution in [0.1, 0.15) is 18.4 Å². The zero-order chi connectivity index (χ0) is 13.5. The van der Waals surface area contributed by atoms with Crippen LogP contribution in [0.4, 0.5) is 0 Å². The van der Waals surface area contributed by atoms with E-state index < -0.39 is 0 Å². The van der Waals surface area contributed by atoms with E-state index in [1.54, 1.807) is 6.21 Å². The van der Waals surface area contributed by atoms with E-state index in [1.807, 2.05) is 18.2 Å². The van der Waals surface area contributed by atoms with Gasteiger partial charge < -0.3 is 20.1 Å². The first-order valence-corrected chi connectivity index (χ1v) is 6.97. The molecule has 2 rings (SSSR count). The van der Waals surface area contributed by atoms with Crippen molar-refractivity contribution in [1.29, 1.82) is 0 Å². The first-order chi connectivity index (χ1) is 9.29. The van der Waals surface area contributed by atoms with Crippen molar-refractivity contribution in [3.05, 3.63) is 28.2 Å². The molecule has 5 nitrogen and oxygen atoms in total.